The second-order valence-corrected chi connectivity index (χ2v) is 19.1. The van der Waals surface area contributed by atoms with E-state index in [9.17, 15) is 19.8 Å². The number of ether oxygens (including phenoxy) is 6. The van der Waals surface area contributed by atoms with E-state index in [1.165, 1.54) is 64.9 Å². The number of carbonyl (C=O) groups is 2. The summed E-state index contributed by atoms with van der Waals surface area (Å²) in [5, 5.41) is 25.9. The number of fused-ring (bicyclic) bond motifs is 2. The molecule has 1 aromatic carbocycles. The topological polar surface area (TPSA) is 133 Å². The maximum Gasteiger partial charge on any atom is 0.338 e. The fourth-order valence-corrected chi connectivity index (χ4v) is 14.5. The first-order chi connectivity index (χ1) is 28.1. The molecule has 0 radical (unpaired) electrons. The fraction of sp³-hybridized carbons (Fsp3) is 0.830. The van der Waals surface area contributed by atoms with Gasteiger partial charge in [-0.2, -0.15) is 0 Å². The summed E-state index contributed by atoms with van der Waals surface area (Å²) < 4.78 is 38.8. The molecule has 14 unspecified atom stereocenters. The molecule has 326 valence electrons. The largest absolute Gasteiger partial charge is 0.455 e. The standard InChI is InChI=1S/C47H73NO10/c1-7-8-9-10-11-12-13-14-15-16-17-18-22-25-34(49)58-47-35-32(28-45(52,42(56-6)40(47)50)41(35)57-43(51)31-23-20-19-21-24-31)46-33(54-4)26-27-44(30-53-3)29-48(2)39(46)36(47)37(55-5)38(44)46/h19-21,23-24,32-33,35-42,50,52H,7-18,22,25-30H2,1-6H3. The molecule has 1 aromatic rings. The molecule has 58 heavy (non-hydrogen) atoms. The minimum absolute atomic E-state index is 0.108. The monoisotopic (exact) mass is 812 g/mol. The number of rotatable bonds is 22. The van der Waals surface area contributed by atoms with E-state index >= 15 is 0 Å². The van der Waals surface area contributed by atoms with Crippen LogP contribution < -0.4 is 0 Å². The van der Waals surface area contributed by atoms with Crippen molar-refractivity contribution in [3.8, 4) is 0 Å². The van der Waals surface area contributed by atoms with Gasteiger partial charge in [0.15, 0.2) is 5.60 Å². The normalized spacial score (nSPS) is 40.8. The molecular formula is C47H73NO10. The summed E-state index contributed by atoms with van der Waals surface area (Å²) in [6, 6.07) is 8.53. The lowest BCUT2D eigenvalue weighted by Crippen LogP contribution is -2.80. The van der Waals surface area contributed by atoms with Gasteiger partial charge in [-0.25, -0.2) is 4.79 Å². The van der Waals surface area contributed by atoms with Crippen molar-refractivity contribution in [1.82, 2.24) is 4.90 Å². The van der Waals surface area contributed by atoms with Crippen molar-refractivity contribution in [3.63, 3.8) is 0 Å². The minimum atomic E-state index is -1.77. The number of aliphatic hydroxyl groups is 2. The van der Waals surface area contributed by atoms with Gasteiger partial charge in [0.2, 0.25) is 0 Å². The van der Waals surface area contributed by atoms with Gasteiger partial charge in [-0.3, -0.25) is 4.79 Å². The van der Waals surface area contributed by atoms with Crippen LogP contribution in [0, 0.1) is 34.5 Å². The highest BCUT2D eigenvalue weighted by Gasteiger charge is 2.91. The summed E-state index contributed by atoms with van der Waals surface area (Å²) in [5.41, 5.74) is -3.96. The van der Waals surface area contributed by atoms with E-state index in [4.69, 9.17) is 28.4 Å². The van der Waals surface area contributed by atoms with Crippen LogP contribution in [0.5, 0.6) is 0 Å². The maximum absolute atomic E-state index is 14.5. The number of hydrogen-bond donors (Lipinski definition) is 2. The molecule has 11 nitrogen and oxygen atoms in total. The predicted octanol–water partition coefficient (Wildman–Crippen LogP) is 6.75. The zero-order valence-electron chi connectivity index (χ0n) is 36.2. The SMILES string of the molecule is CCCCCCCCCCCCCCCC(=O)OC12C(O)C(OC)C3(O)CC(C1C3OC(=O)c1ccccc1)C13C(OC)CCC4(COC)CN(C)C1C2C(OC)C43. The number of carbonyl (C=O) groups excluding carboxylic acids is 2. The molecule has 5 saturated carbocycles. The lowest BCUT2D eigenvalue weighted by Gasteiger charge is -2.69. The van der Waals surface area contributed by atoms with Crippen LogP contribution in [0.1, 0.15) is 126 Å². The Hall–Kier alpha value is -2.12. The van der Waals surface area contributed by atoms with Crippen molar-refractivity contribution in [2.75, 3.05) is 48.6 Å². The average molecular weight is 812 g/mol. The molecule has 1 spiro atoms. The van der Waals surface area contributed by atoms with Gasteiger partial charge in [0.1, 0.15) is 23.9 Å². The molecule has 0 aromatic heterocycles. The third kappa shape index (κ3) is 6.89. The van der Waals surface area contributed by atoms with Crippen LogP contribution >= 0.6 is 0 Å². The molecule has 1 heterocycles. The molecule has 6 aliphatic rings. The molecule has 5 aliphatic carbocycles. The van der Waals surface area contributed by atoms with Gasteiger partial charge < -0.3 is 43.5 Å². The third-order valence-electron chi connectivity index (χ3n) is 16.2. The Bertz CT molecular complexity index is 1550. The molecule has 7 rings (SSSR count). The van der Waals surface area contributed by atoms with Crippen molar-refractivity contribution in [2.24, 2.45) is 34.5 Å². The second kappa shape index (κ2) is 18.1. The van der Waals surface area contributed by atoms with Gasteiger partial charge in [-0.1, -0.05) is 102 Å². The first kappa shape index (κ1) is 44.0. The number of benzene rings is 1. The van der Waals surface area contributed by atoms with Gasteiger partial charge in [0.25, 0.3) is 0 Å². The Kier molecular flexibility index (Phi) is 13.7. The average Bonchev–Trinajstić information content (AvgIpc) is 3.61. The van der Waals surface area contributed by atoms with Crippen LogP contribution in [0.2, 0.25) is 0 Å². The number of hydrogen-bond acceptors (Lipinski definition) is 11. The van der Waals surface area contributed by atoms with Gasteiger partial charge in [-0.05, 0) is 50.8 Å². The van der Waals surface area contributed by atoms with E-state index in [2.05, 4.69) is 18.9 Å². The van der Waals surface area contributed by atoms with Crippen LogP contribution in [0.15, 0.2) is 30.3 Å². The highest BCUT2D eigenvalue weighted by atomic mass is 16.6. The van der Waals surface area contributed by atoms with E-state index < -0.39 is 64.8 Å². The van der Waals surface area contributed by atoms with E-state index in [0.717, 1.165) is 38.6 Å². The molecule has 7 bridgehead atoms. The third-order valence-corrected chi connectivity index (χ3v) is 16.2. The number of esters is 2. The first-order valence-corrected chi connectivity index (χ1v) is 22.7. The number of nitrogens with zero attached hydrogens (tertiary/aromatic N) is 1. The number of unbranched alkanes of at least 4 members (excludes halogenated alkanes) is 12. The van der Waals surface area contributed by atoms with Gasteiger partial charge in [-0.15, -0.1) is 0 Å². The van der Waals surface area contributed by atoms with Crippen LogP contribution in [0.3, 0.4) is 0 Å². The highest BCUT2D eigenvalue weighted by molar-refractivity contribution is 5.89. The lowest BCUT2D eigenvalue weighted by molar-refractivity contribution is -0.317. The number of likely N-dealkylation sites (tertiary alicyclic amines) is 1. The molecule has 0 amide bonds. The highest BCUT2D eigenvalue weighted by Crippen LogP contribution is 2.80. The van der Waals surface area contributed by atoms with E-state index in [1.54, 1.807) is 45.6 Å². The van der Waals surface area contributed by atoms with Crippen molar-refractivity contribution < 1.29 is 48.2 Å². The lowest BCUT2D eigenvalue weighted by atomic mass is 9.43. The number of methoxy groups -OCH3 is 4. The van der Waals surface area contributed by atoms with Gasteiger partial charge in [0.05, 0.1) is 24.4 Å². The van der Waals surface area contributed by atoms with Crippen LogP contribution in [0.4, 0.5) is 0 Å². The zero-order chi connectivity index (χ0) is 41.3. The molecule has 6 fully saturated rings. The van der Waals surface area contributed by atoms with Crippen LogP contribution in [-0.4, -0.2) is 123 Å². The smallest absolute Gasteiger partial charge is 0.338 e. The molecule has 1 saturated heterocycles. The summed E-state index contributed by atoms with van der Waals surface area (Å²) in [6.45, 7) is 3.50. The fourth-order valence-electron chi connectivity index (χ4n) is 14.5. The Labute approximate surface area is 347 Å². The molecular weight excluding hydrogens is 739 g/mol. The van der Waals surface area contributed by atoms with Crippen molar-refractivity contribution in [1.29, 1.82) is 0 Å². The Morgan fingerprint density at radius 3 is 2.05 bits per heavy atom. The first-order valence-electron chi connectivity index (χ1n) is 22.7. The Balaban J connectivity index is 1.20. The zero-order valence-corrected chi connectivity index (χ0v) is 36.2. The summed E-state index contributed by atoms with van der Waals surface area (Å²) in [7, 11) is 8.81. The number of piperidine rings is 1. The van der Waals surface area contributed by atoms with E-state index in [0.29, 0.717) is 18.6 Å². The molecule has 11 heteroatoms. The van der Waals surface area contributed by atoms with Crippen molar-refractivity contribution >= 4 is 11.9 Å². The molecule has 2 N–H and O–H groups in total. The summed E-state index contributed by atoms with van der Waals surface area (Å²) >= 11 is 0. The van der Waals surface area contributed by atoms with Crippen LogP contribution in [-0.2, 0) is 33.2 Å². The quantitative estimate of drug-likeness (QED) is 0.0953. The summed E-state index contributed by atoms with van der Waals surface area (Å²) in [6.07, 6.45) is 13.1. The van der Waals surface area contributed by atoms with E-state index in [-0.39, 0.29) is 42.2 Å². The predicted molar refractivity (Wildman–Crippen MR) is 219 cm³/mol. The molecule has 14 atom stereocenters. The number of aliphatic hydroxyl groups excluding tert-OH is 1. The second-order valence-electron chi connectivity index (χ2n) is 19.1. The summed E-state index contributed by atoms with van der Waals surface area (Å²) in [4.78, 5) is 30.9. The molecule has 1 aliphatic heterocycles. The Morgan fingerprint density at radius 1 is 0.828 bits per heavy atom. The Morgan fingerprint density at radius 2 is 1.47 bits per heavy atom. The van der Waals surface area contributed by atoms with Gasteiger partial charge in [0, 0.05) is 76.0 Å². The van der Waals surface area contributed by atoms with Crippen molar-refractivity contribution in [2.45, 2.75) is 164 Å². The van der Waals surface area contributed by atoms with Gasteiger partial charge >= 0.3 is 11.9 Å². The van der Waals surface area contributed by atoms with Crippen LogP contribution in [0.25, 0.3) is 0 Å². The van der Waals surface area contributed by atoms with Crippen molar-refractivity contribution in [3.05, 3.63) is 35.9 Å². The minimum Gasteiger partial charge on any atom is -0.455 e. The summed E-state index contributed by atoms with van der Waals surface area (Å²) in [5.74, 6) is -2.78. The maximum atomic E-state index is 14.5. The van der Waals surface area contributed by atoms with E-state index in [1.807, 2.05) is 6.07 Å².